The molecule has 3 aromatic rings. The number of hydrogen-bond donors (Lipinski definition) is 1. The van der Waals surface area contributed by atoms with E-state index in [1.807, 2.05) is 0 Å². The molecule has 1 aliphatic rings. The van der Waals surface area contributed by atoms with E-state index in [0.717, 1.165) is 21.3 Å². The van der Waals surface area contributed by atoms with Crippen molar-refractivity contribution in [3.63, 3.8) is 0 Å². The number of ether oxygens (including phenoxy) is 1. The van der Waals surface area contributed by atoms with Crippen molar-refractivity contribution < 1.29 is 17.9 Å². The van der Waals surface area contributed by atoms with Gasteiger partial charge in [-0.2, -0.15) is 0 Å². The van der Waals surface area contributed by atoms with Crippen LogP contribution in [0.5, 0.6) is 0 Å². The molecule has 0 atom stereocenters. The molecule has 0 spiro atoms. The average molecular weight is 424 g/mol. The lowest BCUT2D eigenvalue weighted by Crippen LogP contribution is -2.04. The second-order valence-electron chi connectivity index (χ2n) is 6.91. The van der Waals surface area contributed by atoms with Crippen LogP contribution in [0.3, 0.4) is 0 Å². The molecule has 0 bridgehead atoms. The Kier molecular flexibility index (Phi) is 4.56. The number of carbonyl (C=O) groups excluding carboxylic acids is 1. The van der Waals surface area contributed by atoms with Crippen LogP contribution in [0, 0.1) is 0 Å². The van der Waals surface area contributed by atoms with Gasteiger partial charge in [0.2, 0.25) is 0 Å². The van der Waals surface area contributed by atoms with Crippen molar-refractivity contribution in [1.29, 1.82) is 0 Å². The second-order valence-corrected chi connectivity index (χ2v) is 10.3. The lowest BCUT2D eigenvalue weighted by atomic mass is 10.0. The first-order chi connectivity index (χ1) is 12.8. The van der Waals surface area contributed by atoms with Gasteiger partial charge in [-0.05, 0) is 46.9 Å². The van der Waals surface area contributed by atoms with E-state index in [1.165, 1.54) is 31.8 Å². The van der Waals surface area contributed by atoms with E-state index < -0.39 is 15.8 Å². The highest BCUT2D eigenvalue weighted by Crippen LogP contribution is 2.48. The molecule has 0 amide bonds. The number of esters is 1. The molecular weight excluding hydrogens is 406 g/mol. The SMILES string of the molecule is COC(=O)c1[nH]c2c(C3CC3)csc2c1-c1ccc(CS(C)(=O)=O)c(Cl)c1. The highest BCUT2D eigenvalue weighted by atomic mass is 35.5. The van der Waals surface area contributed by atoms with Gasteiger partial charge in [0, 0.05) is 16.8 Å². The van der Waals surface area contributed by atoms with Gasteiger partial charge >= 0.3 is 5.97 Å². The Labute approximate surface area is 166 Å². The fraction of sp³-hybridized carbons (Fsp3) is 0.316. The molecule has 0 saturated heterocycles. The Balaban J connectivity index is 1.87. The van der Waals surface area contributed by atoms with E-state index in [0.29, 0.717) is 22.2 Å². The fourth-order valence-corrected chi connectivity index (χ4v) is 5.64. The molecule has 0 unspecified atom stereocenters. The predicted octanol–water partition coefficient (Wildman–Crippen LogP) is 4.76. The van der Waals surface area contributed by atoms with Crippen LogP contribution >= 0.6 is 22.9 Å². The number of carbonyl (C=O) groups is 1. The fourth-order valence-electron chi connectivity index (χ4n) is 3.31. The first-order valence-electron chi connectivity index (χ1n) is 8.46. The summed E-state index contributed by atoms with van der Waals surface area (Å²) in [5, 5.41) is 2.50. The highest BCUT2D eigenvalue weighted by molar-refractivity contribution is 7.89. The van der Waals surface area contributed by atoms with Gasteiger partial charge in [0.1, 0.15) is 5.69 Å². The molecule has 8 heteroatoms. The van der Waals surface area contributed by atoms with Crippen LogP contribution in [0.1, 0.15) is 40.4 Å². The monoisotopic (exact) mass is 423 g/mol. The molecule has 142 valence electrons. The zero-order valence-corrected chi connectivity index (χ0v) is 17.2. The number of rotatable bonds is 5. The Morgan fingerprint density at radius 1 is 1.37 bits per heavy atom. The molecule has 0 radical (unpaired) electrons. The van der Waals surface area contributed by atoms with Gasteiger partial charge < -0.3 is 9.72 Å². The van der Waals surface area contributed by atoms with Crippen molar-refractivity contribution >= 4 is 49.0 Å². The predicted molar refractivity (Wildman–Crippen MR) is 108 cm³/mol. The maximum absolute atomic E-state index is 12.4. The van der Waals surface area contributed by atoms with Gasteiger partial charge in [0.25, 0.3) is 0 Å². The van der Waals surface area contributed by atoms with Gasteiger partial charge in [-0.15, -0.1) is 11.3 Å². The molecule has 4 rings (SSSR count). The maximum Gasteiger partial charge on any atom is 0.355 e. The average Bonchev–Trinajstić information content (AvgIpc) is 3.24. The Hall–Kier alpha value is -1.83. The van der Waals surface area contributed by atoms with Crippen molar-refractivity contribution in [2.45, 2.75) is 24.5 Å². The minimum absolute atomic E-state index is 0.122. The topological polar surface area (TPSA) is 76.2 Å². The summed E-state index contributed by atoms with van der Waals surface area (Å²) in [4.78, 5) is 15.6. The number of halogens is 1. The van der Waals surface area contributed by atoms with E-state index in [4.69, 9.17) is 16.3 Å². The minimum atomic E-state index is -3.19. The van der Waals surface area contributed by atoms with Crippen molar-refractivity contribution in [3.05, 3.63) is 45.4 Å². The standard InChI is InChI=1S/C19H18ClNO4S2/c1-25-19(22)17-15(18-16(21-17)13(8-26-18)10-3-4-10)11-5-6-12(14(20)7-11)9-27(2,23)24/h5-8,10,21H,3-4,9H2,1-2H3. The summed E-state index contributed by atoms with van der Waals surface area (Å²) < 4.78 is 29.1. The molecule has 1 fully saturated rings. The van der Waals surface area contributed by atoms with E-state index in [1.54, 1.807) is 29.5 Å². The number of aromatic nitrogens is 1. The first kappa shape index (κ1) is 18.5. The third kappa shape index (κ3) is 3.51. The molecule has 1 aliphatic carbocycles. The molecular formula is C19H18ClNO4S2. The maximum atomic E-state index is 12.4. The molecule has 27 heavy (non-hydrogen) atoms. The number of fused-ring (bicyclic) bond motifs is 1. The van der Waals surface area contributed by atoms with E-state index >= 15 is 0 Å². The van der Waals surface area contributed by atoms with Gasteiger partial charge in [-0.1, -0.05) is 23.7 Å². The van der Waals surface area contributed by atoms with Crippen LogP contribution in [0.25, 0.3) is 21.3 Å². The quantitative estimate of drug-likeness (QED) is 0.600. The van der Waals surface area contributed by atoms with Crippen LogP contribution < -0.4 is 0 Å². The van der Waals surface area contributed by atoms with Gasteiger partial charge in [-0.25, -0.2) is 13.2 Å². The number of benzene rings is 1. The summed E-state index contributed by atoms with van der Waals surface area (Å²) in [5.41, 5.74) is 4.67. The number of H-pyrrole nitrogens is 1. The van der Waals surface area contributed by atoms with Gasteiger partial charge in [-0.3, -0.25) is 0 Å². The lowest BCUT2D eigenvalue weighted by Gasteiger charge is -2.08. The molecule has 1 N–H and O–H groups in total. The Morgan fingerprint density at radius 2 is 2.11 bits per heavy atom. The number of aromatic amines is 1. The second kappa shape index (κ2) is 6.65. The number of nitrogens with one attached hydrogen (secondary N) is 1. The summed E-state index contributed by atoms with van der Waals surface area (Å²) in [5.74, 6) is -0.00783. The number of sulfone groups is 1. The summed E-state index contributed by atoms with van der Waals surface area (Å²) in [6.45, 7) is 0. The lowest BCUT2D eigenvalue weighted by molar-refractivity contribution is 0.0596. The molecule has 1 saturated carbocycles. The Morgan fingerprint density at radius 3 is 2.70 bits per heavy atom. The Bertz CT molecular complexity index is 1160. The van der Waals surface area contributed by atoms with Crippen molar-refractivity contribution in [2.75, 3.05) is 13.4 Å². The van der Waals surface area contributed by atoms with Crippen molar-refractivity contribution in [1.82, 2.24) is 4.98 Å². The number of hydrogen-bond acceptors (Lipinski definition) is 5. The molecule has 0 aliphatic heterocycles. The minimum Gasteiger partial charge on any atom is -0.464 e. The van der Waals surface area contributed by atoms with E-state index in [2.05, 4.69) is 10.4 Å². The van der Waals surface area contributed by atoms with Crippen molar-refractivity contribution in [3.8, 4) is 11.1 Å². The van der Waals surface area contributed by atoms with Crippen LogP contribution in [0.15, 0.2) is 23.6 Å². The van der Waals surface area contributed by atoms with Gasteiger partial charge in [0.05, 0.1) is 23.1 Å². The largest absolute Gasteiger partial charge is 0.464 e. The zero-order chi connectivity index (χ0) is 19.3. The number of thiophene rings is 1. The van der Waals surface area contributed by atoms with Crippen LogP contribution in [-0.2, 0) is 20.3 Å². The first-order valence-corrected chi connectivity index (χ1v) is 11.8. The molecule has 2 heterocycles. The van der Waals surface area contributed by atoms with E-state index in [-0.39, 0.29) is 5.75 Å². The van der Waals surface area contributed by atoms with Crippen molar-refractivity contribution in [2.24, 2.45) is 0 Å². The van der Waals surface area contributed by atoms with E-state index in [9.17, 15) is 13.2 Å². The summed E-state index contributed by atoms with van der Waals surface area (Å²) in [7, 11) is -1.84. The normalized spacial score (nSPS) is 14.6. The number of methoxy groups -OCH3 is 1. The highest BCUT2D eigenvalue weighted by Gasteiger charge is 2.30. The molecule has 2 aromatic heterocycles. The summed E-state index contributed by atoms with van der Waals surface area (Å²) in [6, 6.07) is 5.22. The molecule has 5 nitrogen and oxygen atoms in total. The zero-order valence-electron chi connectivity index (χ0n) is 14.8. The van der Waals surface area contributed by atoms with Gasteiger partial charge in [0.15, 0.2) is 9.84 Å². The summed E-state index contributed by atoms with van der Waals surface area (Å²) >= 11 is 7.94. The van der Waals surface area contributed by atoms with Crippen LogP contribution in [-0.4, -0.2) is 32.7 Å². The van der Waals surface area contributed by atoms with Crippen LogP contribution in [0.4, 0.5) is 0 Å². The third-order valence-electron chi connectivity index (χ3n) is 4.71. The third-order valence-corrected chi connectivity index (χ3v) is 6.92. The van der Waals surface area contributed by atoms with Crippen LogP contribution in [0.2, 0.25) is 5.02 Å². The molecule has 1 aromatic carbocycles. The summed E-state index contributed by atoms with van der Waals surface area (Å²) in [6.07, 6.45) is 3.51. The smallest absolute Gasteiger partial charge is 0.355 e.